The number of hydrogen-bond acceptors (Lipinski definition) is 4. The number of carbonyl (C=O) groups excluding carboxylic acids is 1. The van der Waals surface area contributed by atoms with Gasteiger partial charge in [0.15, 0.2) is 5.65 Å². The van der Waals surface area contributed by atoms with Crippen molar-refractivity contribution in [3.05, 3.63) is 113 Å². The number of fused-ring (bicyclic) bond motifs is 1. The highest BCUT2D eigenvalue weighted by Crippen LogP contribution is 2.28. The van der Waals surface area contributed by atoms with E-state index in [1.807, 2.05) is 98.3 Å². The monoisotopic (exact) mass is 522 g/mol. The quantitative estimate of drug-likeness (QED) is 0.262. The lowest BCUT2D eigenvalue weighted by molar-refractivity contribution is 0.237. The summed E-state index contributed by atoms with van der Waals surface area (Å²) in [6.07, 6.45) is 1.81. The minimum atomic E-state index is -0.197. The first-order chi connectivity index (χ1) is 18.5. The fraction of sp³-hybridized carbons (Fsp3) is 0.138. The number of halogens is 1. The molecule has 0 aliphatic rings. The highest BCUT2D eigenvalue weighted by molar-refractivity contribution is 6.36. The van der Waals surface area contributed by atoms with Gasteiger partial charge in [0.25, 0.3) is 0 Å². The van der Waals surface area contributed by atoms with Crippen LogP contribution in [0.4, 0.5) is 10.6 Å². The molecule has 0 saturated carbocycles. The van der Waals surface area contributed by atoms with Gasteiger partial charge in [0.2, 0.25) is 0 Å². The average Bonchev–Trinajstić information content (AvgIpc) is 3.32. The van der Waals surface area contributed by atoms with Crippen molar-refractivity contribution in [2.75, 3.05) is 5.32 Å². The lowest BCUT2D eigenvalue weighted by Crippen LogP contribution is -2.36. The molecule has 0 unspecified atom stereocenters. The van der Waals surface area contributed by atoms with Gasteiger partial charge in [0, 0.05) is 35.9 Å². The molecule has 38 heavy (non-hydrogen) atoms. The summed E-state index contributed by atoms with van der Waals surface area (Å²) in [6.45, 7) is 3.01. The fourth-order valence-corrected chi connectivity index (χ4v) is 4.46. The van der Waals surface area contributed by atoms with Gasteiger partial charge in [0.1, 0.15) is 13.7 Å². The van der Waals surface area contributed by atoms with Crippen LogP contribution >= 0.6 is 11.6 Å². The number of urea groups is 1. The summed E-state index contributed by atoms with van der Waals surface area (Å²) in [5.74, 6) is 0.827. The Morgan fingerprint density at radius 2 is 1.66 bits per heavy atom. The molecule has 0 bridgehead atoms. The summed E-state index contributed by atoms with van der Waals surface area (Å²) >= 11 is 6.45. The number of carbonyl (C=O) groups is 1. The summed E-state index contributed by atoms with van der Waals surface area (Å²) in [4.78, 5) is 17.1. The van der Waals surface area contributed by atoms with Crippen molar-refractivity contribution in [1.29, 1.82) is 0 Å². The van der Waals surface area contributed by atoms with Crippen LogP contribution < -0.4 is 21.4 Å². The second kappa shape index (κ2) is 11.4. The van der Waals surface area contributed by atoms with Crippen molar-refractivity contribution in [3.63, 3.8) is 0 Å². The largest absolute Gasteiger partial charge is 0.366 e. The Labute approximate surface area is 227 Å². The molecule has 9 heteroatoms. The molecule has 190 valence electrons. The standard InChI is InChI=1S/C29H28BClN6O/c1-19(22-7-3-2-4-8-22)35-29(38)33-17-21-13-11-20(12-14-21)16-32-27-15-26(23-9-5-6-10-25(23)31)36-28-24(30)18-34-37(27)28/h2-15,18-19,32H,16-17,30H2,1H3,(H2,33,35,38)/t19-/m0/s1. The normalized spacial score (nSPS) is 11.7. The van der Waals surface area contributed by atoms with E-state index in [2.05, 4.69) is 33.2 Å². The summed E-state index contributed by atoms with van der Waals surface area (Å²) in [7, 11) is 1.99. The van der Waals surface area contributed by atoms with Crippen LogP contribution in [0.25, 0.3) is 16.9 Å². The van der Waals surface area contributed by atoms with E-state index < -0.39 is 0 Å². The second-order valence-electron chi connectivity index (χ2n) is 9.20. The van der Waals surface area contributed by atoms with Crippen LogP contribution in [-0.2, 0) is 13.1 Å². The van der Waals surface area contributed by atoms with E-state index >= 15 is 0 Å². The van der Waals surface area contributed by atoms with E-state index in [9.17, 15) is 4.79 Å². The number of nitrogens with zero attached hydrogens (tertiary/aromatic N) is 3. The maximum absolute atomic E-state index is 12.3. The van der Waals surface area contributed by atoms with E-state index in [1.54, 1.807) is 0 Å². The van der Waals surface area contributed by atoms with Gasteiger partial charge in [-0.25, -0.2) is 9.78 Å². The van der Waals surface area contributed by atoms with Crippen molar-refractivity contribution < 1.29 is 4.79 Å². The molecule has 0 saturated heterocycles. The Morgan fingerprint density at radius 1 is 0.974 bits per heavy atom. The topological polar surface area (TPSA) is 83.3 Å². The summed E-state index contributed by atoms with van der Waals surface area (Å²) < 4.78 is 1.81. The number of benzene rings is 3. The van der Waals surface area contributed by atoms with Gasteiger partial charge >= 0.3 is 6.03 Å². The molecule has 2 heterocycles. The first-order valence-corrected chi connectivity index (χ1v) is 12.9. The first-order valence-electron chi connectivity index (χ1n) is 12.5. The maximum atomic E-state index is 12.3. The third-order valence-corrected chi connectivity index (χ3v) is 6.72. The Kier molecular flexibility index (Phi) is 7.61. The molecule has 0 spiro atoms. The molecule has 0 aliphatic carbocycles. The first kappa shape index (κ1) is 25.4. The number of nitrogens with one attached hydrogen (secondary N) is 3. The summed E-state index contributed by atoms with van der Waals surface area (Å²) in [5.41, 5.74) is 6.62. The van der Waals surface area contributed by atoms with E-state index in [-0.39, 0.29) is 12.1 Å². The summed E-state index contributed by atoms with van der Waals surface area (Å²) in [6, 6.07) is 27.4. The second-order valence-corrected chi connectivity index (χ2v) is 9.61. The van der Waals surface area contributed by atoms with Crippen molar-refractivity contribution >= 4 is 42.4 Å². The van der Waals surface area contributed by atoms with E-state index in [0.29, 0.717) is 18.1 Å². The number of hydrogen-bond donors (Lipinski definition) is 3. The van der Waals surface area contributed by atoms with Gasteiger partial charge in [-0.1, -0.05) is 84.4 Å². The lowest BCUT2D eigenvalue weighted by atomic mass is 10.0. The highest BCUT2D eigenvalue weighted by Gasteiger charge is 2.13. The van der Waals surface area contributed by atoms with Gasteiger partial charge in [-0.2, -0.15) is 9.61 Å². The Hall–Kier alpha value is -4.30. The minimum Gasteiger partial charge on any atom is -0.366 e. The van der Waals surface area contributed by atoms with Crippen molar-refractivity contribution in [2.24, 2.45) is 0 Å². The predicted molar refractivity (Wildman–Crippen MR) is 156 cm³/mol. The molecule has 2 aromatic heterocycles. The highest BCUT2D eigenvalue weighted by atomic mass is 35.5. The third kappa shape index (κ3) is 5.81. The van der Waals surface area contributed by atoms with Crippen LogP contribution in [0.15, 0.2) is 91.1 Å². The number of amides is 2. The van der Waals surface area contributed by atoms with E-state index in [4.69, 9.17) is 16.6 Å². The average molecular weight is 523 g/mol. The molecular formula is C29H28BClN6O. The zero-order chi connectivity index (χ0) is 26.5. The number of anilines is 1. The van der Waals surface area contributed by atoms with Crippen LogP contribution in [0.3, 0.4) is 0 Å². The molecule has 2 amide bonds. The van der Waals surface area contributed by atoms with Crippen LogP contribution in [0, 0.1) is 0 Å². The molecular weight excluding hydrogens is 495 g/mol. The number of aromatic nitrogens is 3. The van der Waals surface area contributed by atoms with Crippen LogP contribution in [0.1, 0.15) is 29.7 Å². The van der Waals surface area contributed by atoms with Gasteiger partial charge < -0.3 is 16.0 Å². The van der Waals surface area contributed by atoms with Crippen molar-refractivity contribution in [1.82, 2.24) is 25.2 Å². The molecule has 0 aliphatic heterocycles. The minimum absolute atomic E-state index is 0.0682. The molecule has 0 fully saturated rings. The lowest BCUT2D eigenvalue weighted by Gasteiger charge is -2.15. The molecule has 7 nitrogen and oxygen atoms in total. The third-order valence-electron chi connectivity index (χ3n) is 6.39. The van der Waals surface area contributed by atoms with Crippen LogP contribution in [0.5, 0.6) is 0 Å². The fourth-order valence-electron chi connectivity index (χ4n) is 4.23. The SMILES string of the molecule is Bc1cnn2c(NCc3ccc(CNC(=O)N[C@@H](C)c4ccccc4)cc3)cc(-c3ccccc3Cl)nc12. The van der Waals surface area contributed by atoms with Gasteiger partial charge in [-0.15, -0.1) is 0 Å². The van der Waals surface area contributed by atoms with E-state index in [0.717, 1.165) is 44.9 Å². The summed E-state index contributed by atoms with van der Waals surface area (Å²) in [5, 5.41) is 14.5. The van der Waals surface area contributed by atoms with Crippen LogP contribution in [-0.4, -0.2) is 28.5 Å². The Balaban J connectivity index is 1.22. The Morgan fingerprint density at radius 3 is 2.39 bits per heavy atom. The molecule has 1 atom stereocenters. The van der Waals surface area contributed by atoms with Crippen molar-refractivity contribution in [2.45, 2.75) is 26.1 Å². The number of rotatable bonds is 8. The van der Waals surface area contributed by atoms with Gasteiger partial charge in [0.05, 0.1) is 11.7 Å². The molecule has 5 aromatic rings. The zero-order valence-corrected chi connectivity index (χ0v) is 22.0. The molecule has 3 aromatic carbocycles. The predicted octanol–water partition coefficient (Wildman–Crippen LogP) is 4.48. The molecule has 5 rings (SSSR count). The maximum Gasteiger partial charge on any atom is 0.315 e. The van der Waals surface area contributed by atoms with E-state index in [1.165, 1.54) is 0 Å². The van der Waals surface area contributed by atoms with Crippen molar-refractivity contribution in [3.8, 4) is 11.3 Å². The van der Waals surface area contributed by atoms with Crippen LogP contribution in [0.2, 0.25) is 5.02 Å². The molecule has 0 radical (unpaired) electrons. The Bertz CT molecular complexity index is 1560. The molecule has 3 N–H and O–H groups in total. The zero-order valence-electron chi connectivity index (χ0n) is 21.3. The smallest absolute Gasteiger partial charge is 0.315 e. The van der Waals surface area contributed by atoms with Gasteiger partial charge in [-0.05, 0) is 35.1 Å². The van der Waals surface area contributed by atoms with Gasteiger partial charge in [-0.3, -0.25) is 0 Å².